The summed E-state index contributed by atoms with van der Waals surface area (Å²) in [6.45, 7) is 3.64. The van der Waals surface area contributed by atoms with Crippen molar-refractivity contribution in [3.63, 3.8) is 0 Å². The van der Waals surface area contributed by atoms with Crippen LogP contribution in [0.15, 0.2) is 66.7 Å². The van der Waals surface area contributed by atoms with Gasteiger partial charge in [-0.15, -0.1) is 0 Å². The predicted octanol–water partition coefficient (Wildman–Crippen LogP) is 4.50. The Hall–Kier alpha value is -4.00. The molecule has 6 nitrogen and oxygen atoms in total. The van der Waals surface area contributed by atoms with E-state index in [0.717, 1.165) is 28.7 Å². The van der Waals surface area contributed by atoms with Gasteiger partial charge in [0, 0.05) is 17.5 Å². The van der Waals surface area contributed by atoms with Gasteiger partial charge in [0.05, 0.1) is 0 Å². The van der Waals surface area contributed by atoms with Gasteiger partial charge >= 0.3 is 5.97 Å². The Morgan fingerprint density at radius 1 is 0.972 bits per heavy atom. The molecule has 7 heteroatoms. The van der Waals surface area contributed by atoms with Crippen LogP contribution in [0.5, 0.6) is 0 Å². The first-order valence-corrected chi connectivity index (χ1v) is 11.9. The second kappa shape index (κ2) is 10.3. The van der Waals surface area contributed by atoms with E-state index in [1.54, 1.807) is 18.2 Å². The molecule has 3 aromatic carbocycles. The topological polar surface area (TPSA) is 95.5 Å². The predicted molar refractivity (Wildman–Crippen MR) is 135 cm³/mol. The molecule has 4 rings (SSSR count). The first kappa shape index (κ1) is 25.1. The molecule has 0 aliphatic heterocycles. The molecule has 36 heavy (non-hydrogen) atoms. The third-order valence-corrected chi connectivity index (χ3v) is 6.35. The number of benzene rings is 3. The number of carbonyl (C=O) groups excluding carboxylic acids is 2. The van der Waals surface area contributed by atoms with Crippen molar-refractivity contribution in [1.29, 1.82) is 0 Å². The number of carboxylic acid groups (broad SMARTS) is 1. The van der Waals surface area contributed by atoms with Crippen molar-refractivity contribution in [3.05, 3.63) is 94.8 Å². The van der Waals surface area contributed by atoms with Gasteiger partial charge in [-0.2, -0.15) is 0 Å². The summed E-state index contributed by atoms with van der Waals surface area (Å²) < 4.78 is 13.2. The number of rotatable bonds is 9. The van der Waals surface area contributed by atoms with E-state index in [-0.39, 0.29) is 18.7 Å². The van der Waals surface area contributed by atoms with Gasteiger partial charge in [0.2, 0.25) is 5.91 Å². The zero-order valence-corrected chi connectivity index (χ0v) is 20.3. The number of amides is 2. The van der Waals surface area contributed by atoms with Gasteiger partial charge in [0.15, 0.2) is 0 Å². The largest absolute Gasteiger partial charge is 0.481 e. The lowest BCUT2D eigenvalue weighted by atomic mass is 9.94. The number of hydrogen-bond acceptors (Lipinski definition) is 3. The summed E-state index contributed by atoms with van der Waals surface area (Å²) >= 11 is 0. The summed E-state index contributed by atoms with van der Waals surface area (Å²) in [5, 5.41) is 14.8. The minimum atomic E-state index is -1.05. The van der Waals surface area contributed by atoms with Gasteiger partial charge in [-0.3, -0.25) is 14.4 Å². The fourth-order valence-corrected chi connectivity index (χ4v) is 4.64. The Kier molecular flexibility index (Phi) is 7.20. The van der Waals surface area contributed by atoms with Gasteiger partial charge in [0.1, 0.15) is 11.9 Å². The van der Waals surface area contributed by atoms with Crippen molar-refractivity contribution < 1.29 is 23.9 Å². The number of hydrogen-bond donors (Lipinski definition) is 3. The van der Waals surface area contributed by atoms with E-state index >= 15 is 0 Å². The molecule has 0 saturated heterocycles. The van der Waals surface area contributed by atoms with Gasteiger partial charge in [-0.05, 0) is 85.2 Å². The van der Waals surface area contributed by atoms with E-state index in [2.05, 4.69) is 22.8 Å². The molecule has 0 aromatic heterocycles. The second-order valence-corrected chi connectivity index (χ2v) is 9.84. The van der Waals surface area contributed by atoms with Crippen LogP contribution in [0.3, 0.4) is 0 Å². The maximum absolute atomic E-state index is 13.2. The summed E-state index contributed by atoms with van der Waals surface area (Å²) in [7, 11) is 0. The highest BCUT2D eigenvalue weighted by Crippen LogP contribution is 2.36. The fraction of sp³-hybridized carbons (Fsp3) is 0.276. The quantitative estimate of drug-likeness (QED) is 0.323. The van der Waals surface area contributed by atoms with E-state index in [9.17, 15) is 18.8 Å². The number of carboxylic acids is 1. The second-order valence-electron chi connectivity index (χ2n) is 9.84. The molecular weight excluding hydrogens is 459 g/mol. The molecule has 0 fully saturated rings. The lowest BCUT2D eigenvalue weighted by molar-refractivity contribution is -0.137. The third kappa shape index (κ3) is 5.97. The number of fused-ring (bicyclic) bond motifs is 3. The highest BCUT2D eigenvalue weighted by atomic mass is 19.1. The van der Waals surface area contributed by atoms with Gasteiger partial charge in [-0.1, -0.05) is 42.5 Å². The smallest absolute Gasteiger partial charge is 0.303 e. The summed E-state index contributed by atoms with van der Waals surface area (Å²) in [5.74, 6) is -2.30. The first-order chi connectivity index (χ1) is 17.1. The molecule has 1 atom stereocenters. The molecule has 186 valence electrons. The van der Waals surface area contributed by atoms with Crippen molar-refractivity contribution in [2.24, 2.45) is 0 Å². The van der Waals surface area contributed by atoms with Crippen molar-refractivity contribution >= 4 is 17.8 Å². The zero-order chi connectivity index (χ0) is 25.9. The number of halogens is 1. The van der Waals surface area contributed by atoms with Crippen LogP contribution in [0.4, 0.5) is 4.39 Å². The minimum absolute atomic E-state index is 0.0457. The van der Waals surface area contributed by atoms with Crippen LogP contribution < -0.4 is 10.6 Å². The molecule has 3 N–H and O–H groups in total. The van der Waals surface area contributed by atoms with Crippen LogP contribution >= 0.6 is 0 Å². The first-order valence-electron chi connectivity index (χ1n) is 11.9. The lowest BCUT2D eigenvalue weighted by Gasteiger charge is -2.29. The molecule has 1 aliphatic carbocycles. The van der Waals surface area contributed by atoms with Crippen LogP contribution in [0, 0.1) is 5.82 Å². The monoisotopic (exact) mass is 488 g/mol. The van der Waals surface area contributed by atoms with E-state index in [1.807, 2.05) is 38.1 Å². The third-order valence-electron chi connectivity index (χ3n) is 6.35. The van der Waals surface area contributed by atoms with Crippen LogP contribution in [0.25, 0.3) is 11.1 Å². The summed E-state index contributed by atoms with van der Waals surface area (Å²) in [6, 6.07) is 18.6. The van der Waals surface area contributed by atoms with E-state index in [1.165, 1.54) is 17.7 Å². The molecule has 0 heterocycles. The van der Waals surface area contributed by atoms with Gasteiger partial charge < -0.3 is 15.7 Å². The Morgan fingerprint density at radius 3 is 2.39 bits per heavy atom. The Bertz CT molecular complexity index is 1300. The molecule has 0 saturated carbocycles. The van der Waals surface area contributed by atoms with Crippen molar-refractivity contribution in [3.8, 4) is 11.1 Å². The minimum Gasteiger partial charge on any atom is -0.481 e. The number of aliphatic carboxylic acids is 1. The maximum Gasteiger partial charge on any atom is 0.303 e. The van der Waals surface area contributed by atoms with E-state index in [0.29, 0.717) is 12.0 Å². The van der Waals surface area contributed by atoms with Crippen LogP contribution in [-0.2, 0) is 22.4 Å². The molecule has 0 unspecified atom stereocenters. The standard InChI is InChI=1S/C29H29FN2O4/c1-29(2,17-18-7-10-22(30)11-8-18)32-28(36)25(13-14-26(33)34)31-27(35)20-9-12-24-21(16-20)15-19-5-3-4-6-23(19)24/h3-12,16,25H,13-15,17H2,1-2H3,(H,31,35)(H,32,36)(H,33,34)/t25-/m0/s1. The van der Waals surface area contributed by atoms with Crippen LogP contribution in [0.2, 0.25) is 0 Å². The SMILES string of the molecule is CC(C)(Cc1ccc(F)cc1)NC(=O)[C@H](CCC(=O)O)NC(=O)c1ccc2c(c1)Cc1ccccc1-2. The molecule has 0 spiro atoms. The van der Waals surface area contributed by atoms with E-state index in [4.69, 9.17) is 5.11 Å². The van der Waals surface area contributed by atoms with Gasteiger partial charge in [0.25, 0.3) is 5.91 Å². The normalized spacial score (nSPS) is 12.9. The van der Waals surface area contributed by atoms with E-state index < -0.39 is 29.4 Å². The number of nitrogens with one attached hydrogen (secondary N) is 2. The Morgan fingerprint density at radius 2 is 1.67 bits per heavy atom. The fourth-order valence-electron chi connectivity index (χ4n) is 4.64. The van der Waals surface area contributed by atoms with Crippen molar-refractivity contribution in [2.45, 2.75) is 51.1 Å². The maximum atomic E-state index is 13.2. The molecular formula is C29H29FN2O4. The average Bonchev–Trinajstić information content (AvgIpc) is 3.20. The number of carbonyl (C=O) groups is 3. The Labute approximate surface area is 209 Å². The molecule has 0 radical (unpaired) electrons. The highest BCUT2D eigenvalue weighted by Gasteiger charge is 2.29. The van der Waals surface area contributed by atoms with Crippen LogP contribution in [-0.4, -0.2) is 34.5 Å². The molecule has 1 aliphatic rings. The molecule has 0 bridgehead atoms. The molecule has 2 amide bonds. The summed E-state index contributed by atoms with van der Waals surface area (Å²) in [6.07, 6.45) is 0.850. The lowest BCUT2D eigenvalue weighted by Crippen LogP contribution is -2.54. The summed E-state index contributed by atoms with van der Waals surface area (Å²) in [4.78, 5) is 37.4. The molecule has 3 aromatic rings. The Balaban J connectivity index is 1.46. The van der Waals surface area contributed by atoms with Crippen molar-refractivity contribution in [1.82, 2.24) is 10.6 Å². The zero-order valence-electron chi connectivity index (χ0n) is 20.3. The summed E-state index contributed by atoms with van der Waals surface area (Å²) in [5.41, 5.74) is 5.03. The highest BCUT2D eigenvalue weighted by molar-refractivity contribution is 5.98. The van der Waals surface area contributed by atoms with Crippen molar-refractivity contribution in [2.75, 3.05) is 0 Å². The van der Waals surface area contributed by atoms with Crippen LogP contribution in [0.1, 0.15) is 53.7 Å². The van der Waals surface area contributed by atoms with Gasteiger partial charge in [-0.25, -0.2) is 4.39 Å². The average molecular weight is 489 g/mol.